The number of ether oxygens (including phenoxy) is 1. The monoisotopic (exact) mass is 252 g/mol. The maximum absolute atomic E-state index is 5.40. The van der Waals surface area contributed by atoms with Gasteiger partial charge in [0, 0.05) is 4.88 Å². The zero-order chi connectivity index (χ0) is 11.1. The fraction of sp³-hybridized carbons (Fsp3) is 0.455. The van der Waals surface area contributed by atoms with Gasteiger partial charge in [-0.05, 0) is 31.1 Å². The van der Waals surface area contributed by atoms with E-state index in [2.05, 4.69) is 9.97 Å². The lowest BCUT2D eigenvalue weighted by atomic mass is 10.2. The number of aromatic nitrogens is 2. The largest absolute Gasteiger partial charge is 0.480 e. The Balaban J connectivity index is 2.32. The molecule has 0 aliphatic heterocycles. The van der Waals surface area contributed by atoms with Crippen molar-refractivity contribution in [3.8, 4) is 5.88 Å². The second-order valence-corrected chi connectivity index (χ2v) is 5.61. The second-order valence-electron chi connectivity index (χ2n) is 3.76. The molecule has 0 unspecified atom stereocenters. The molecule has 1 aliphatic carbocycles. The summed E-state index contributed by atoms with van der Waals surface area (Å²) in [5.74, 6) is 0.744. The smallest absolute Gasteiger partial charge is 0.226 e. The first kappa shape index (κ1) is 10.4. The lowest BCUT2D eigenvalue weighted by Gasteiger charge is -2.03. The van der Waals surface area contributed by atoms with Crippen LogP contribution in [0.1, 0.15) is 16.9 Å². The van der Waals surface area contributed by atoms with Gasteiger partial charge < -0.3 is 4.74 Å². The number of hydrogen-bond acceptors (Lipinski definition) is 5. The van der Waals surface area contributed by atoms with Gasteiger partial charge in [0.15, 0.2) is 5.16 Å². The lowest BCUT2D eigenvalue weighted by Crippen LogP contribution is -1.94. The highest BCUT2D eigenvalue weighted by molar-refractivity contribution is 7.98. The molecule has 2 aromatic heterocycles. The van der Waals surface area contributed by atoms with E-state index in [1.54, 1.807) is 30.2 Å². The summed E-state index contributed by atoms with van der Waals surface area (Å²) >= 11 is 3.36. The summed E-state index contributed by atoms with van der Waals surface area (Å²) in [6, 6.07) is 0. The number of thiophene rings is 1. The summed E-state index contributed by atoms with van der Waals surface area (Å²) in [5, 5.41) is 1.95. The molecule has 0 bridgehead atoms. The SMILES string of the molecule is COc1nc(SC)nc2sc3c(c12)CCC3. The van der Waals surface area contributed by atoms with E-state index < -0.39 is 0 Å². The Bertz CT molecular complexity index is 550. The molecular weight excluding hydrogens is 240 g/mol. The molecule has 0 saturated heterocycles. The van der Waals surface area contributed by atoms with Gasteiger partial charge in [0.1, 0.15) is 4.83 Å². The van der Waals surface area contributed by atoms with Crippen molar-refractivity contribution in [3.05, 3.63) is 10.4 Å². The van der Waals surface area contributed by atoms with Crippen LogP contribution in [0.15, 0.2) is 5.16 Å². The highest BCUT2D eigenvalue weighted by Crippen LogP contribution is 2.40. The molecule has 0 saturated carbocycles. The van der Waals surface area contributed by atoms with Crippen molar-refractivity contribution in [2.45, 2.75) is 24.4 Å². The van der Waals surface area contributed by atoms with Crippen LogP contribution in [-0.2, 0) is 12.8 Å². The third-order valence-corrected chi connectivity index (χ3v) is 4.62. The minimum Gasteiger partial charge on any atom is -0.480 e. The van der Waals surface area contributed by atoms with E-state index in [1.807, 2.05) is 6.26 Å². The van der Waals surface area contributed by atoms with Crippen molar-refractivity contribution in [1.29, 1.82) is 0 Å². The molecule has 5 heteroatoms. The van der Waals surface area contributed by atoms with Crippen molar-refractivity contribution in [1.82, 2.24) is 9.97 Å². The Morgan fingerprint density at radius 3 is 2.94 bits per heavy atom. The van der Waals surface area contributed by atoms with Gasteiger partial charge in [-0.15, -0.1) is 11.3 Å². The van der Waals surface area contributed by atoms with E-state index in [4.69, 9.17) is 4.74 Å². The predicted octanol–water partition coefficient (Wildman–Crippen LogP) is 2.91. The van der Waals surface area contributed by atoms with Crippen LogP contribution >= 0.6 is 23.1 Å². The molecule has 0 aromatic carbocycles. The molecule has 0 amide bonds. The molecule has 84 valence electrons. The maximum Gasteiger partial charge on any atom is 0.226 e. The molecule has 3 rings (SSSR count). The normalized spacial score (nSPS) is 14.4. The highest BCUT2D eigenvalue weighted by atomic mass is 32.2. The number of hydrogen-bond donors (Lipinski definition) is 0. The molecule has 2 heterocycles. The third-order valence-electron chi connectivity index (χ3n) is 2.89. The van der Waals surface area contributed by atoms with E-state index in [0.717, 1.165) is 27.7 Å². The van der Waals surface area contributed by atoms with Gasteiger partial charge in [-0.2, -0.15) is 4.98 Å². The van der Waals surface area contributed by atoms with Crippen molar-refractivity contribution in [3.63, 3.8) is 0 Å². The summed E-state index contributed by atoms with van der Waals surface area (Å²) in [6.07, 6.45) is 5.58. The second kappa shape index (κ2) is 3.89. The van der Waals surface area contributed by atoms with Crippen molar-refractivity contribution < 1.29 is 4.74 Å². The van der Waals surface area contributed by atoms with Gasteiger partial charge in [0.05, 0.1) is 12.5 Å². The number of nitrogens with zero attached hydrogens (tertiary/aromatic N) is 2. The number of fused-ring (bicyclic) bond motifs is 3. The first-order chi connectivity index (χ1) is 7.83. The van der Waals surface area contributed by atoms with E-state index in [9.17, 15) is 0 Å². The lowest BCUT2D eigenvalue weighted by molar-refractivity contribution is 0.398. The zero-order valence-corrected chi connectivity index (χ0v) is 10.9. The first-order valence-electron chi connectivity index (χ1n) is 5.23. The molecular formula is C11H12N2OS2. The van der Waals surface area contributed by atoms with Gasteiger partial charge in [0.2, 0.25) is 5.88 Å². The Hall–Kier alpha value is -0.810. The van der Waals surface area contributed by atoms with Crippen LogP contribution < -0.4 is 4.74 Å². The molecule has 0 fully saturated rings. The average Bonchev–Trinajstić information content (AvgIpc) is 2.86. The minimum atomic E-state index is 0.744. The number of rotatable bonds is 2. The van der Waals surface area contributed by atoms with Crippen LogP contribution in [0, 0.1) is 0 Å². The van der Waals surface area contributed by atoms with Crippen molar-refractivity contribution in [2.24, 2.45) is 0 Å². The molecule has 0 radical (unpaired) electrons. The Morgan fingerprint density at radius 2 is 2.19 bits per heavy atom. The van der Waals surface area contributed by atoms with Crippen molar-refractivity contribution >= 4 is 33.3 Å². The summed E-state index contributed by atoms with van der Waals surface area (Å²) < 4.78 is 5.40. The van der Waals surface area contributed by atoms with E-state index in [1.165, 1.54) is 23.3 Å². The minimum absolute atomic E-state index is 0.744. The van der Waals surface area contributed by atoms with E-state index in [0.29, 0.717) is 0 Å². The molecule has 0 N–H and O–H groups in total. The van der Waals surface area contributed by atoms with E-state index in [-0.39, 0.29) is 0 Å². The van der Waals surface area contributed by atoms with Gasteiger partial charge in [-0.1, -0.05) is 11.8 Å². The summed E-state index contributed by atoms with van der Waals surface area (Å²) in [6.45, 7) is 0. The number of methoxy groups -OCH3 is 1. The van der Waals surface area contributed by atoms with Crippen LogP contribution in [0.25, 0.3) is 10.2 Å². The summed E-state index contributed by atoms with van der Waals surface area (Å²) in [7, 11) is 1.69. The van der Waals surface area contributed by atoms with Crippen LogP contribution in [0.4, 0.5) is 0 Å². The van der Waals surface area contributed by atoms with Gasteiger partial charge in [-0.25, -0.2) is 4.98 Å². The molecule has 3 nitrogen and oxygen atoms in total. The van der Waals surface area contributed by atoms with E-state index >= 15 is 0 Å². The molecule has 0 spiro atoms. The predicted molar refractivity (Wildman–Crippen MR) is 67.8 cm³/mol. The third kappa shape index (κ3) is 1.42. The Morgan fingerprint density at radius 1 is 1.31 bits per heavy atom. The molecule has 1 aliphatic rings. The van der Waals surface area contributed by atoms with Crippen LogP contribution in [0.2, 0.25) is 0 Å². The van der Waals surface area contributed by atoms with Crippen LogP contribution in [0.5, 0.6) is 5.88 Å². The molecule has 16 heavy (non-hydrogen) atoms. The molecule has 0 atom stereocenters. The Labute approximate surface area is 102 Å². The van der Waals surface area contributed by atoms with Crippen molar-refractivity contribution in [2.75, 3.05) is 13.4 Å². The first-order valence-corrected chi connectivity index (χ1v) is 7.28. The topological polar surface area (TPSA) is 35.0 Å². The summed E-state index contributed by atoms with van der Waals surface area (Å²) in [4.78, 5) is 11.5. The van der Waals surface area contributed by atoms with Gasteiger partial charge >= 0.3 is 0 Å². The summed E-state index contributed by atoms with van der Waals surface area (Å²) in [5.41, 5.74) is 1.42. The zero-order valence-electron chi connectivity index (χ0n) is 9.24. The average molecular weight is 252 g/mol. The highest BCUT2D eigenvalue weighted by Gasteiger charge is 2.22. The van der Waals surface area contributed by atoms with Crippen LogP contribution in [0.3, 0.4) is 0 Å². The van der Waals surface area contributed by atoms with Gasteiger partial charge in [0.25, 0.3) is 0 Å². The number of aryl methyl sites for hydroxylation is 2. The Kier molecular flexibility index (Phi) is 2.52. The quantitative estimate of drug-likeness (QED) is 0.608. The fourth-order valence-corrected chi connectivity index (χ4v) is 3.85. The number of thioether (sulfide) groups is 1. The van der Waals surface area contributed by atoms with Crippen LogP contribution in [-0.4, -0.2) is 23.3 Å². The van der Waals surface area contributed by atoms with Gasteiger partial charge in [-0.3, -0.25) is 0 Å². The standard InChI is InChI=1S/C11H12N2OS2/c1-14-9-8-6-4-3-5-7(6)16-10(8)13-11(12-9)15-2/h3-5H2,1-2H3. The molecule has 2 aromatic rings. The fourth-order valence-electron chi connectivity index (χ4n) is 2.18. The maximum atomic E-state index is 5.40.